The SMILES string of the molecule is O=C(c1cc(Cl)ns1)N(C1CCCC1)C1CCCC1. The smallest absolute Gasteiger partial charge is 0.266 e. The van der Waals surface area contributed by atoms with Crippen LogP contribution in [0.2, 0.25) is 5.15 Å². The van der Waals surface area contributed by atoms with Gasteiger partial charge in [-0.3, -0.25) is 4.79 Å². The maximum atomic E-state index is 12.8. The highest BCUT2D eigenvalue weighted by Gasteiger charge is 2.35. The van der Waals surface area contributed by atoms with Gasteiger partial charge in [0, 0.05) is 18.2 Å². The van der Waals surface area contributed by atoms with Crippen molar-refractivity contribution >= 4 is 29.0 Å². The Kier molecular flexibility index (Phi) is 4.08. The third kappa shape index (κ3) is 2.79. The molecule has 2 aliphatic rings. The fourth-order valence-corrected chi connectivity index (χ4v) is 4.34. The van der Waals surface area contributed by atoms with E-state index in [4.69, 9.17) is 11.6 Å². The van der Waals surface area contributed by atoms with Crippen LogP contribution in [0.3, 0.4) is 0 Å². The Balaban J connectivity index is 1.82. The highest BCUT2D eigenvalue weighted by Crippen LogP contribution is 2.33. The van der Waals surface area contributed by atoms with E-state index in [2.05, 4.69) is 9.27 Å². The molecule has 3 nitrogen and oxygen atoms in total. The number of hydrogen-bond donors (Lipinski definition) is 0. The first-order valence-corrected chi connectivity index (χ1v) is 8.36. The molecule has 0 bridgehead atoms. The van der Waals surface area contributed by atoms with Gasteiger partial charge < -0.3 is 4.90 Å². The van der Waals surface area contributed by atoms with Gasteiger partial charge >= 0.3 is 0 Å². The minimum Gasteiger partial charge on any atom is -0.332 e. The normalized spacial score (nSPS) is 21.1. The Bertz CT molecular complexity index is 434. The molecule has 19 heavy (non-hydrogen) atoms. The van der Waals surface area contributed by atoms with Gasteiger partial charge in [0.2, 0.25) is 0 Å². The van der Waals surface area contributed by atoms with Gasteiger partial charge in [0.25, 0.3) is 5.91 Å². The van der Waals surface area contributed by atoms with Crippen LogP contribution in [0.4, 0.5) is 0 Å². The molecule has 1 aromatic rings. The summed E-state index contributed by atoms with van der Waals surface area (Å²) in [7, 11) is 0. The largest absolute Gasteiger partial charge is 0.332 e. The molecule has 0 radical (unpaired) electrons. The molecule has 0 atom stereocenters. The summed E-state index contributed by atoms with van der Waals surface area (Å²) in [5.41, 5.74) is 0. The molecular weight excluding hydrogens is 280 g/mol. The molecule has 2 fully saturated rings. The lowest BCUT2D eigenvalue weighted by molar-refractivity contribution is 0.0585. The van der Waals surface area contributed by atoms with Gasteiger partial charge in [0.15, 0.2) is 0 Å². The summed E-state index contributed by atoms with van der Waals surface area (Å²) in [5.74, 6) is 0.156. The molecule has 0 aromatic carbocycles. The van der Waals surface area contributed by atoms with Crippen LogP contribution in [0.15, 0.2) is 6.07 Å². The molecule has 1 aromatic heterocycles. The van der Waals surface area contributed by atoms with Gasteiger partial charge in [-0.25, -0.2) is 0 Å². The van der Waals surface area contributed by atoms with E-state index >= 15 is 0 Å². The van der Waals surface area contributed by atoms with Gasteiger partial charge in [-0.15, -0.1) is 0 Å². The topological polar surface area (TPSA) is 33.2 Å². The van der Waals surface area contributed by atoms with E-state index in [9.17, 15) is 4.79 Å². The van der Waals surface area contributed by atoms with Crippen LogP contribution in [0.25, 0.3) is 0 Å². The predicted molar refractivity (Wildman–Crippen MR) is 77.8 cm³/mol. The number of hydrogen-bond acceptors (Lipinski definition) is 3. The van der Waals surface area contributed by atoms with E-state index in [0.29, 0.717) is 22.1 Å². The lowest BCUT2D eigenvalue weighted by Crippen LogP contribution is -2.44. The van der Waals surface area contributed by atoms with E-state index in [0.717, 1.165) is 25.7 Å². The minimum absolute atomic E-state index is 0.156. The van der Waals surface area contributed by atoms with Crippen molar-refractivity contribution in [3.8, 4) is 0 Å². The Morgan fingerprint density at radius 3 is 2.11 bits per heavy atom. The number of nitrogens with zero attached hydrogens (tertiary/aromatic N) is 2. The molecule has 0 saturated heterocycles. The van der Waals surface area contributed by atoms with Gasteiger partial charge in [-0.05, 0) is 37.2 Å². The molecule has 2 saturated carbocycles. The summed E-state index contributed by atoms with van der Waals surface area (Å²) in [6.45, 7) is 0. The van der Waals surface area contributed by atoms with E-state index < -0.39 is 0 Å². The van der Waals surface area contributed by atoms with E-state index in [1.54, 1.807) is 6.07 Å². The molecule has 1 amide bonds. The van der Waals surface area contributed by atoms with Crippen LogP contribution in [-0.4, -0.2) is 27.3 Å². The Hall–Kier alpha value is -0.610. The molecule has 2 aliphatic carbocycles. The Labute approximate surface area is 123 Å². The van der Waals surface area contributed by atoms with Crippen molar-refractivity contribution < 1.29 is 4.79 Å². The van der Waals surface area contributed by atoms with Crippen LogP contribution < -0.4 is 0 Å². The molecular formula is C14H19ClN2OS. The Morgan fingerprint density at radius 1 is 1.16 bits per heavy atom. The fourth-order valence-electron chi connectivity index (χ4n) is 3.48. The summed E-state index contributed by atoms with van der Waals surface area (Å²) in [5, 5.41) is 0.436. The van der Waals surface area contributed by atoms with Crippen molar-refractivity contribution in [3.63, 3.8) is 0 Å². The zero-order valence-corrected chi connectivity index (χ0v) is 12.6. The van der Waals surface area contributed by atoms with E-state index in [1.807, 2.05) is 0 Å². The third-order valence-electron chi connectivity index (χ3n) is 4.36. The van der Waals surface area contributed by atoms with Crippen LogP contribution in [0.1, 0.15) is 61.0 Å². The van der Waals surface area contributed by atoms with Crippen molar-refractivity contribution in [1.82, 2.24) is 9.27 Å². The molecule has 0 spiro atoms. The highest BCUT2D eigenvalue weighted by atomic mass is 35.5. The molecule has 3 rings (SSSR count). The number of rotatable bonds is 3. The van der Waals surface area contributed by atoms with Crippen LogP contribution >= 0.6 is 23.1 Å². The van der Waals surface area contributed by atoms with Crippen LogP contribution in [-0.2, 0) is 0 Å². The summed E-state index contributed by atoms with van der Waals surface area (Å²) in [6, 6.07) is 2.60. The highest BCUT2D eigenvalue weighted by molar-refractivity contribution is 7.08. The molecule has 1 heterocycles. The number of amides is 1. The molecule has 0 unspecified atom stereocenters. The molecule has 0 N–H and O–H groups in total. The van der Waals surface area contributed by atoms with E-state index in [-0.39, 0.29) is 5.91 Å². The summed E-state index contributed by atoms with van der Waals surface area (Å²) in [6.07, 6.45) is 9.66. The zero-order chi connectivity index (χ0) is 13.2. The van der Waals surface area contributed by atoms with Crippen molar-refractivity contribution in [3.05, 3.63) is 16.1 Å². The van der Waals surface area contributed by atoms with Gasteiger partial charge in [0.1, 0.15) is 10.0 Å². The standard InChI is InChI=1S/C14H19ClN2OS/c15-13-9-12(19-16-13)14(18)17(10-5-1-2-6-10)11-7-3-4-8-11/h9-11H,1-8H2. The first-order valence-electron chi connectivity index (χ1n) is 7.20. The van der Waals surface area contributed by atoms with Crippen LogP contribution in [0.5, 0.6) is 0 Å². The molecule has 5 heteroatoms. The number of carbonyl (C=O) groups excluding carboxylic acids is 1. The average Bonchev–Trinajstić information content (AvgIpc) is 3.09. The summed E-state index contributed by atoms with van der Waals surface area (Å²) >= 11 is 7.09. The predicted octanol–water partition coefficient (Wildman–Crippen LogP) is 4.12. The number of carbonyl (C=O) groups is 1. The Morgan fingerprint density at radius 2 is 1.68 bits per heavy atom. The van der Waals surface area contributed by atoms with Gasteiger partial charge in [-0.2, -0.15) is 4.37 Å². The summed E-state index contributed by atoms with van der Waals surface area (Å²) < 4.78 is 4.03. The van der Waals surface area contributed by atoms with E-state index in [1.165, 1.54) is 37.2 Å². The van der Waals surface area contributed by atoms with Crippen molar-refractivity contribution in [1.29, 1.82) is 0 Å². The minimum atomic E-state index is 0.156. The second-order valence-corrected chi connectivity index (χ2v) is 6.80. The fraction of sp³-hybridized carbons (Fsp3) is 0.714. The second kappa shape index (κ2) is 5.80. The number of aromatic nitrogens is 1. The lowest BCUT2D eigenvalue weighted by atomic mass is 10.1. The third-order valence-corrected chi connectivity index (χ3v) is 5.43. The zero-order valence-electron chi connectivity index (χ0n) is 11.0. The second-order valence-electron chi connectivity index (χ2n) is 5.60. The van der Waals surface area contributed by atoms with Crippen molar-refractivity contribution in [2.24, 2.45) is 0 Å². The first kappa shape index (κ1) is 13.4. The monoisotopic (exact) mass is 298 g/mol. The van der Waals surface area contributed by atoms with Crippen LogP contribution in [0, 0.1) is 0 Å². The average molecular weight is 299 g/mol. The quantitative estimate of drug-likeness (QED) is 0.841. The summed E-state index contributed by atoms with van der Waals surface area (Å²) in [4.78, 5) is 15.6. The van der Waals surface area contributed by atoms with Crippen molar-refractivity contribution in [2.75, 3.05) is 0 Å². The lowest BCUT2D eigenvalue weighted by Gasteiger charge is -2.34. The first-order chi connectivity index (χ1) is 9.25. The maximum absolute atomic E-state index is 12.8. The van der Waals surface area contributed by atoms with Crippen molar-refractivity contribution in [2.45, 2.75) is 63.5 Å². The molecule has 0 aliphatic heterocycles. The maximum Gasteiger partial charge on any atom is 0.266 e. The van der Waals surface area contributed by atoms with Gasteiger partial charge in [0.05, 0.1) is 0 Å². The van der Waals surface area contributed by atoms with Gasteiger partial charge in [-0.1, -0.05) is 37.3 Å². The number of halogens is 1. The molecule has 104 valence electrons.